The van der Waals surface area contributed by atoms with Gasteiger partial charge in [-0.2, -0.15) is 0 Å². The van der Waals surface area contributed by atoms with Crippen LogP contribution in [0, 0.1) is 0 Å². The summed E-state index contributed by atoms with van der Waals surface area (Å²) in [6.45, 7) is 3.24. The molecule has 3 aromatic rings. The lowest BCUT2D eigenvalue weighted by Gasteiger charge is -2.13. The first kappa shape index (κ1) is 18.3. The van der Waals surface area contributed by atoms with Crippen LogP contribution in [0.15, 0.2) is 53.0 Å². The zero-order valence-corrected chi connectivity index (χ0v) is 16.8. The Bertz CT molecular complexity index is 888. The Kier molecular flexibility index (Phi) is 5.59. The number of thiophene rings is 1. The summed E-state index contributed by atoms with van der Waals surface area (Å²) in [4.78, 5) is 13.6. The zero-order chi connectivity index (χ0) is 18.6. The lowest BCUT2D eigenvalue weighted by atomic mass is 10.2. The van der Waals surface area contributed by atoms with E-state index in [1.807, 2.05) is 42.6 Å². The maximum absolute atomic E-state index is 12.5. The first-order chi connectivity index (χ1) is 13.2. The molecule has 7 heteroatoms. The van der Waals surface area contributed by atoms with E-state index in [-0.39, 0.29) is 11.2 Å². The number of nitrogens with one attached hydrogen (secondary N) is 1. The van der Waals surface area contributed by atoms with E-state index < -0.39 is 0 Å². The second-order valence-corrected chi connectivity index (χ2v) is 9.08. The minimum Gasteiger partial charge on any atom is -0.350 e. The molecule has 0 bridgehead atoms. The molecule has 0 spiro atoms. The number of amides is 1. The maximum Gasteiger partial charge on any atom is 0.233 e. The van der Waals surface area contributed by atoms with E-state index in [2.05, 4.69) is 32.2 Å². The molecule has 1 N–H and O–H groups in total. The molecule has 1 fully saturated rings. The highest BCUT2D eigenvalue weighted by molar-refractivity contribution is 8.00. The van der Waals surface area contributed by atoms with Gasteiger partial charge in [-0.25, -0.2) is 0 Å². The molecule has 1 aliphatic carbocycles. The topological polar surface area (TPSA) is 59.8 Å². The molecule has 1 amide bonds. The smallest absolute Gasteiger partial charge is 0.233 e. The molecule has 4 rings (SSSR count). The van der Waals surface area contributed by atoms with E-state index >= 15 is 0 Å². The van der Waals surface area contributed by atoms with E-state index in [4.69, 9.17) is 0 Å². The Balaban J connectivity index is 1.45. The van der Waals surface area contributed by atoms with E-state index in [0.29, 0.717) is 12.5 Å². The molecule has 2 heterocycles. The number of hydrogen-bond acceptors (Lipinski definition) is 5. The van der Waals surface area contributed by atoms with Gasteiger partial charge in [0.1, 0.15) is 5.82 Å². The molecule has 27 heavy (non-hydrogen) atoms. The summed E-state index contributed by atoms with van der Waals surface area (Å²) in [6, 6.07) is 14.4. The standard InChI is InChI=1S/C20H22N4OS2/c1-14(19(25)21-12-17-8-5-11-26-17)27-20-23-22-18(16-9-10-16)24(20)13-15-6-3-2-4-7-15/h2-8,11,14,16H,9-10,12-13H2,1H3,(H,21,25)/t14-/m1/s1. The molecule has 140 valence electrons. The van der Waals surface area contributed by atoms with Crippen molar-refractivity contribution in [2.45, 2.75) is 49.2 Å². The van der Waals surface area contributed by atoms with Gasteiger partial charge in [-0.05, 0) is 36.8 Å². The van der Waals surface area contributed by atoms with Gasteiger partial charge in [0.25, 0.3) is 0 Å². The number of carbonyl (C=O) groups is 1. The highest BCUT2D eigenvalue weighted by Crippen LogP contribution is 2.40. The molecule has 5 nitrogen and oxygen atoms in total. The number of hydrogen-bond donors (Lipinski definition) is 1. The summed E-state index contributed by atoms with van der Waals surface area (Å²) in [5.41, 5.74) is 1.22. The summed E-state index contributed by atoms with van der Waals surface area (Å²) in [7, 11) is 0. The minimum absolute atomic E-state index is 0.0237. The van der Waals surface area contributed by atoms with Crippen LogP contribution in [0.5, 0.6) is 0 Å². The van der Waals surface area contributed by atoms with Crippen molar-refractivity contribution in [1.29, 1.82) is 0 Å². The van der Waals surface area contributed by atoms with Crippen LogP contribution in [-0.4, -0.2) is 25.9 Å². The molecule has 2 aromatic heterocycles. The Labute approximate surface area is 167 Å². The van der Waals surface area contributed by atoms with Gasteiger partial charge in [0.15, 0.2) is 5.16 Å². The van der Waals surface area contributed by atoms with Crippen LogP contribution in [0.4, 0.5) is 0 Å². The SMILES string of the molecule is C[C@@H](Sc1nnc(C2CC2)n1Cc1ccccc1)C(=O)NCc1cccs1. The number of rotatable bonds is 8. The molecule has 0 unspecified atom stereocenters. The first-order valence-electron chi connectivity index (χ1n) is 9.14. The second-order valence-electron chi connectivity index (χ2n) is 6.74. The predicted molar refractivity (Wildman–Crippen MR) is 109 cm³/mol. The summed E-state index contributed by atoms with van der Waals surface area (Å²) in [6.07, 6.45) is 2.35. The van der Waals surface area contributed by atoms with Crippen molar-refractivity contribution >= 4 is 29.0 Å². The van der Waals surface area contributed by atoms with Crippen molar-refractivity contribution in [1.82, 2.24) is 20.1 Å². The van der Waals surface area contributed by atoms with Crippen molar-refractivity contribution in [2.75, 3.05) is 0 Å². The van der Waals surface area contributed by atoms with Crippen LogP contribution in [0.3, 0.4) is 0 Å². The van der Waals surface area contributed by atoms with Crippen molar-refractivity contribution in [3.63, 3.8) is 0 Å². The highest BCUT2D eigenvalue weighted by atomic mass is 32.2. The molecule has 0 radical (unpaired) electrons. The van der Waals surface area contributed by atoms with Crippen LogP contribution < -0.4 is 5.32 Å². The van der Waals surface area contributed by atoms with Gasteiger partial charge in [-0.15, -0.1) is 21.5 Å². The molecule has 0 saturated heterocycles. The van der Waals surface area contributed by atoms with Gasteiger partial charge in [0.2, 0.25) is 5.91 Å². The predicted octanol–water partition coefficient (Wildman–Crippen LogP) is 4.06. The molecule has 1 aliphatic rings. The fourth-order valence-electron chi connectivity index (χ4n) is 2.89. The van der Waals surface area contributed by atoms with Crippen LogP contribution in [0.1, 0.15) is 41.9 Å². The van der Waals surface area contributed by atoms with Crippen LogP contribution >= 0.6 is 23.1 Å². The third-order valence-electron chi connectivity index (χ3n) is 4.54. The fourth-order valence-corrected chi connectivity index (χ4v) is 4.41. The van der Waals surface area contributed by atoms with Gasteiger partial charge in [0, 0.05) is 10.8 Å². The Hall–Kier alpha value is -2.12. The number of carbonyl (C=O) groups excluding carboxylic acids is 1. The number of thioether (sulfide) groups is 1. The second kappa shape index (κ2) is 8.27. The van der Waals surface area contributed by atoms with Crippen molar-refractivity contribution in [3.8, 4) is 0 Å². The zero-order valence-electron chi connectivity index (χ0n) is 15.2. The average Bonchev–Trinajstić information content (AvgIpc) is 3.25. The minimum atomic E-state index is -0.226. The van der Waals surface area contributed by atoms with Gasteiger partial charge < -0.3 is 9.88 Å². The molecule has 1 aromatic carbocycles. The Morgan fingerprint density at radius 2 is 2.07 bits per heavy atom. The number of aromatic nitrogens is 3. The van der Waals surface area contributed by atoms with E-state index in [1.54, 1.807) is 11.3 Å². The first-order valence-corrected chi connectivity index (χ1v) is 10.9. The van der Waals surface area contributed by atoms with Gasteiger partial charge in [-0.1, -0.05) is 48.2 Å². The van der Waals surface area contributed by atoms with Gasteiger partial charge in [0.05, 0.1) is 18.3 Å². The third-order valence-corrected chi connectivity index (χ3v) is 6.50. The summed E-state index contributed by atoms with van der Waals surface area (Å²) in [5, 5.41) is 14.5. The van der Waals surface area contributed by atoms with Gasteiger partial charge in [-0.3, -0.25) is 4.79 Å². The summed E-state index contributed by atoms with van der Waals surface area (Å²) in [5.74, 6) is 1.58. The van der Waals surface area contributed by atoms with Crippen LogP contribution in [-0.2, 0) is 17.9 Å². The Morgan fingerprint density at radius 1 is 1.26 bits per heavy atom. The van der Waals surface area contributed by atoms with Crippen molar-refractivity contribution < 1.29 is 4.79 Å². The molecule has 0 aliphatic heterocycles. The summed E-state index contributed by atoms with van der Waals surface area (Å²) < 4.78 is 2.18. The van der Waals surface area contributed by atoms with Crippen molar-refractivity contribution in [2.24, 2.45) is 0 Å². The molecular weight excluding hydrogens is 376 g/mol. The third kappa shape index (κ3) is 4.59. The average molecular weight is 399 g/mol. The van der Waals surface area contributed by atoms with Crippen LogP contribution in [0.2, 0.25) is 0 Å². The monoisotopic (exact) mass is 398 g/mol. The van der Waals surface area contributed by atoms with E-state index in [9.17, 15) is 4.79 Å². The quantitative estimate of drug-likeness (QED) is 0.581. The lowest BCUT2D eigenvalue weighted by Crippen LogP contribution is -2.30. The normalized spacial score (nSPS) is 14.9. The van der Waals surface area contributed by atoms with Crippen LogP contribution in [0.25, 0.3) is 0 Å². The van der Waals surface area contributed by atoms with Crippen molar-refractivity contribution in [3.05, 3.63) is 64.1 Å². The highest BCUT2D eigenvalue weighted by Gasteiger charge is 2.31. The largest absolute Gasteiger partial charge is 0.350 e. The molecular formula is C20H22N4OS2. The maximum atomic E-state index is 12.5. The lowest BCUT2D eigenvalue weighted by molar-refractivity contribution is -0.120. The van der Waals surface area contributed by atoms with Gasteiger partial charge >= 0.3 is 0 Å². The fraction of sp³-hybridized carbons (Fsp3) is 0.350. The molecule has 1 atom stereocenters. The summed E-state index contributed by atoms with van der Waals surface area (Å²) >= 11 is 3.13. The van der Waals surface area contributed by atoms with E-state index in [1.165, 1.54) is 30.2 Å². The Morgan fingerprint density at radius 3 is 2.78 bits per heavy atom. The van der Waals surface area contributed by atoms with E-state index in [0.717, 1.165) is 22.4 Å². The number of nitrogens with zero attached hydrogens (tertiary/aromatic N) is 3. The number of benzene rings is 1. The molecule has 1 saturated carbocycles.